The maximum atomic E-state index is 12.7. The second-order valence-electron chi connectivity index (χ2n) is 10.2. The first-order valence-electron chi connectivity index (χ1n) is 14.2. The van der Waals surface area contributed by atoms with Gasteiger partial charge in [-0.15, -0.1) is 0 Å². The largest absolute Gasteiger partial charge is 0.344 e. The van der Waals surface area contributed by atoms with Crippen LogP contribution >= 0.6 is 0 Å². The van der Waals surface area contributed by atoms with Gasteiger partial charge >= 0.3 is 0 Å². The third kappa shape index (κ3) is 18.2. The molecule has 222 valence electrons. The van der Waals surface area contributed by atoms with E-state index < -0.39 is 26.3 Å². The third-order valence-corrected chi connectivity index (χ3v) is 8.86. The van der Waals surface area contributed by atoms with Crippen LogP contribution in [-0.4, -0.2) is 32.9 Å². The molecule has 0 aliphatic rings. The van der Waals surface area contributed by atoms with Gasteiger partial charge in [-0.3, -0.25) is 8.74 Å². The summed E-state index contributed by atoms with van der Waals surface area (Å²) >= 11 is 0. The summed E-state index contributed by atoms with van der Waals surface area (Å²) in [6.45, 7) is 0. The van der Waals surface area contributed by atoms with Gasteiger partial charge in [-0.25, -0.2) is 0 Å². The Kier molecular flexibility index (Phi) is 18.2. The Morgan fingerprint density at radius 2 is 0.949 bits per heavy atom. The van der Waals surface area contributed by atoms with Crippen LogP contribution in [0.1, 0.15) is 107 Å². The van der Waals surface area contributed by atoms with E-state index in [1.165, 1.54) is 38.5 Å². The van der Waals surface area contributed by atoms with Crippen molar-refractivity contribution in [2.45, 2.75) is 102 Å². The predicted molar refractivity (Wildman–Crippen MR) is 160 cm³/mol. The molecule has 1 atom stereocenters. The Bertz CT molecular complexity index is 1080. The SMILES string of the molecule is N.O=S(=O)(O)CCCCCCCCCCCCCCCCS(=O)(=O)OC(Cc1ccccc1)c1ccccc1. The summed E-state index contributed by atoms with van der Waals surface area (Å²) in [6, 6.07) is 19.4. The fourth-order valence-electron chi connectivity index (χ4n) is 4.61. The molecule has 0 saturated carbocycles. The molecule has 0 aliphatic heterocycles. The van der Waals surface area contributed by atoms with Crippen molar-refractivity contribution in [3.05, 3.63) is 71.8 Å². The molecule has 7 nitrogen and oxygen atoms in total. The fraction of sp³-hybridized carbons (Fsp3) is 0.600. The molecule has 0 fully saturated rings. The van der Waals surface area contributed by atoms with Gasteiger partial charge in [0.2, 0.25) is 0 Å². The molecular formula is C30H49NO6S2. The van der Waals surface area contributed by atoms with Crippen LogP contribution < -0.4 is 6.15 Å². The Morgan fingerprint density at radius 3 is 1.38 bits per heavy atom. The van der Waals surface area contributed by atoms with Gasteiger partial charge in [0, 0.05) is 6.42 Å². The molecule has 1 unspecified atom stereocenters. The van der Waals surface area contributed by atoms with E-state index in [1.54, 1.807) is 0 Å². The van der Waals surface area contributed by atoms with E-state index in [9.17, 15) is 16.8 Å². The number of unbranched alkanes of at least 4 members (excludes halogenated alkanes) is 13. The first kappa shape index (κ1) is 35.2. The highest BCUT2D eigenvalue weighted by Crippen LogP contribution is 2.25. The highest BCUT2D eigenvalue weighted by molar-refractivity contribution is 7.86. The van der Waals surface area contributed by atoms with Crippen molar-refractivity contribution in [3.63, 3.8) is 0 Å². The monoisotopic (exact) mass is 583 g/mol. The molecule has 0 aromatic heterocycles. The number of rotatable bonds is 22. The van der Waals surface area contributed by atoms with Gasteiger partial charge in [-0.2, -0.15) is 16.8 Å². The molecule has 0 heterocycles. The van der Waals surface area contributed by atoms with E-state index in [-0.39, 0.29) is 17.7 Å². The summed E-state index contributed by atoms with van der Waals surface area (Å²) < 4.78 is 61.2. The minimum Gasteiger partial charge on any atom is -0.344 e. The van der Waals surface area contributed by atoms with E-state index in [0.717, 1.165) is 49.7 Å². The summed E-state index contributed by atoms with van der Waals surface area (Å²) in [5, 5.41) is 0. The van der Waals surface area contributed by atoms with Gasteiger partial charge in [0.05, 0.1) is 11.5 Å². The Balaban J connectivity index is 0.00000760. The minimum absolute atomic E-state index is 0. The van der Waals surface area contributed by atoms with Crippen LogP contribution in [0.2, 0.25) is 0 Å². The predicted octanol–water partition coefficient (Wildman–Crippen LogP) is 7.83. The first-order valence-corrected chi connectivity index (χ1v) is 17.4. The van der Waals surface area contributed by atoms with Gasteiger partial charge in [-0.05, 0) is 24.0 Å². The van der Waals surface area contributed by atoms with Crippen LogP contribution in [0.3, 0.4) is 0 Å². The van der Waals surface area contributed by atoms with Crippen LogP contribution in [0, 0.1) is 0 Å². The lowest BCUT2D eigenvalue weighted by Crippen LogP contribution is -2.17. The Labute approximate surface area is 237 Å². The highest BCUT2D eigenvalue weighted by Gasteiger charge is 2.21. The zero-order chi connectivity index (χ0) is 27.5. The van der Waals surface area contributed by atoms with Crippen molar-refractivity contribution in [3.8, 4) is 0 Å². The standard InChI is InChI=1S/C30H46O6S2.H3N/c31-37(32,33)25-19-11-9-7-5-3-1-2-4-6-8-10-12-20-26-38(34,35)36-30(29-23-17-14-18-24-29)27-28-21-15-13-16-22-28;/h13-18,21-24,30H,1-12,19-20,25-27H2,(H,31,32,33);1H3. The van der Waals surface area contributed by atoms with Gasteiger partial charge in [0.1, 0.15) is 6.10 Å². The molecule has 0 spiro atoms. The number of benzene rings is 2. The molecule has 0 bridgehead atoms. The lowest BCUT2D eigenvalue weighted by molar-refractivity contribution is 0.213. The van der Waals surface area contributed by atoms with E-state index in [1.807, 2.05) is 60.7 Å². The van der Waals surface area contributed by atoms with Crippen LogP contribution in [0.5, 0.6) is 0 Å². The van der Waals surface area contributed by atoms with Crippen LogP contribution in [-0.2, 0) is 30.8 Å². The summed E-state index contributed by atoms with van der Waals surface area (Å²) in [5.41, 5.74) is 1.92. The quantitative estimate of drug-likeness (QED) is 0.0819. The van der Waals surface area contributed by atoms with Crippen molar-refractivity contribution in [1.82, 2.24) is 6.15 Å². The molecular weight excluding hydrogens is 534 g/mol. The molecule has 2 rings (SSSR count). The third-order valence-electron chi connectivity index (χ3n) is 6.74. The smallest absolute Gasteiger partial charge is 0.267 e. The topological polar surface area (TPSA) is 133 Å². The van der Waals surface area contributed by atoms with E-state index in [2.05, 4.69) is 0 Å². The van der Waals surface area contributed by atoms with Crippen LogP contribution in [0.15, 0.2) is 60.7 Å². The van der Waals surface area contributed by atoms with Crippen LogP contribution in [0.4, 0.5) is 0 Å². The lowest BCUT2D eigenvalue weighted by Gasteiger charge is -2.18. The zero-order valence-corrected chi connectivity index (χ0v) is 25.0. The summed E-state index contributed by atoms with van der Waals surface area (Å²) in [6.07, 6.45) is 14.5. The number of hydrogen-bond acceptors (Lipinski definition) is 6. The highest BCUT2D eigenvalue weighted by atomic mass is 32.2. The minimum atomic E-state index is -3.81. The van der Waals surface area contributed by atoms with Crippen molar-refractivity contribution < 1.29 is 25.6 Å². The maximum Gasteiger partial charge on any atom is 0.267 e. The molecule has 0 aliphatic carbocycles. The molecule has 39 heavy (non-hydrogen) atoms. The van der Waals surface area contributed by atoms with Crippen molar-refractivity contribution in [2.75, 3.05) is 11.5 Å². The summed E-state index contributed by atoms with van der Waals surface area (Å²) in [4.78, 5) is 0. The average Bonchev–Trinajstić information content (AvgIpc) is 2.88. The second kappa shape index (κ2) is 20.2. The van der Waals surface area contributed by atoms with E-state index >= 15 is 0 Å². The molecule has 0 radical (unpaired) electrons. The lowest BCUT2D eigenvalue weighted by atomic mass is 10.0. The van der Waals surface area contributed by atoms with Crippen molar-refractivity contribution in [2.24, 2.45) is 0 Å². The maximum absolute atomic E-state index is 12.7. The van der Waals surface area contributed by atoms with Gasteiger partial charge in [0.15, 0.2) is 0 Å². The summed E-state index contributed by atoms with van der Waals surface area (Å²) in [7, 11) is -7.42. The van der Waals surface area contributed by atoms with Gasteiger partial charge in [-0.1, -0.05) is 138 Å². The molecule has 2 aromatic carbocycles. The number of hydrogen-bond donors (Lipinski definition) is 2. The molecule has 0 amide bonds. The summed E-state index contributed by atoms with van der Waals surface area (Å²) in [5.74, 6) is -0.0684. The zero-order valence-electron chi connectivity index (χ0n) is 23.4. The van der Waals surface area contributed by atoms with Gasteiger partial charge in [0.25, 0.3) is 20.2 Å². The fourth-order valence-corrected chi connectivity index (χ4v) is 6.37. The normalized spacial score (nSPS) is 12.6. The molecule has 4 N–H and O–H groups in total. The van der Waals surface area contributed by atoms with Crippen LogP contribution in [0.25, 0.3) is 0 Å². The Morgan fingerprint density at radius 1 is 0.564 bits per heavy atom. The molecule has 2 aromatic rings. The second-order valence-corrected chi connectivity index (χ2v) is 13.5. The van der Waals surface area contributed by atoms with Crippen molar-refractivity contribution >= 4 is 20.2 Å². The van der Waals surface area contributed by atoms with E-state index in [4.69, 9.17) is 8.74 Å². The average molecular weight is 584 g/mol. The van der Waals surface area contributed by atoms with Gasteiger partial charge < -0.3 is 6.15 Å². The van der Waals surface area contributed by atoms with Crippen molar-refractivity contribution in [1.29, 1.82) is 0 Å². The van der Waals surface area contributed by atoms with E-state index in [0.29, 0.717) is 19.3 Å². The Hall–Kier alpha value is -1.78. The first-order chi connectivity index (χ1) is 18.3. The molecule has 9 heteroatoms. The molecule has 0 saturated heterocycles.